The Kier molecular flexibility index (Phi) is 1370. The second kappa shape index (κ2) is 252. The minimum absolute atomic E-state index is 0. The van der Waals surface area contributed by atoms with E-state index >= 15 is 0 Å². The van der Waals surface area contributed by atoms with Crippen LogP contribution in [0.2, 0.25) is 0 Å². The van der Waals surface area contributed by atoms with Crippen LogP contribution in [0.5, 0.6) is 0 Å². The third kappa shape index (κ3) is 0. The Balaban J connectivity index is -0.00000000357. The second-order valence-corrected chi connectivity index (χ2v) is 0.707. The topological polar surface area (TPSA) is 0 Å². The Morgan fingerprint density at radius 2 is 0.875 bits per heavy atom. The molecule has 0 atom stereocenters. The first-order valence-electron chi connectivity index (χ1n) is 2.41. The Hall–Kier alpha value is 0. The molecule has 0 aliphatic heterocycles. The zero-order valence-electron chi connectivity index (χ0n) is 4.71. The lowest BCUT2D eigenvalue weighted by atomic mass is 10.6. The van der Waals surface area contributed by atoms with E-state index in [1.54, 1.807) is 0 Å². The molecule has 0 bridgehead atoms. The van der Waals surface area contributed by atoms with Gasteiger partial charge in [-0.2, -0.15) is 0 Å². The summed E-state index contributed by atoms with van der Waals surface area (Å²) < 4.78 is 0. The highest BCUT2D eigenvalue weighted by atomic mass is 13.4. The van der Waals surface area contributed by atoms with Crippen LogP contribution in [0, 0.1) is 0 Å². The highest BCUT2D eigenvalue weighted by molar-refractivity contribution is 3.92. The Labute approximate surface area is 58.8 Å². The summed E-state index contributed by atoms with van der Waals surface area (Å²) in [5.41, 5.74) is 0. The summed E-state index contributed by atoms with van der Waals surface area (Å²) in [4.78, 5) is 0. The van der Waals surface area contributed by atoms with E-state index < -0.39 is 0 Å². The molecule has 0 saturated carbocycles. The summed E-state index contributed by atoms with van der Waals surface area (Å²) in [6.07, 6.45) is 1.25. The molecule has 0 rings (SSSR count). The molecule has 60 valence electrons. The van der Waals surface area contributed by atoms with Crippen LogP contribution >= 0.6 is 0 Å². The molecule has 0 saturated heterocycles. The summed E-state index contributed by atoms with van der Waals surface area (Å²) in [6, 6.07) is 0. The molecule has 0 amide bonds. The van der Waals surface area contributed by atoms with Gasteiger partial charge in [0, 0.05) is 1.43 Å². The van der Waals surface area contributed by atoms with Crippen molar-refractivity contribution in [2.75, 3.05) is 0 Å². The SMILES string of the molecule is C.C.C.CC.CCC.[2HH]. The predicted molar refractivity (Wildman–Crippen MR) is 49.6 cm³/mol. The normalized spacial score (nSPS) is 3.00. The van der Waals surface area contributed by atoms with Crippen molar-refractivity contribution in [1.29, 1.82) is 0 Å². The molecule has 0 aromatic rings. The smallest absolute Gasteiger partial charge is 0 e. The minimum atomic E-state index is 0. The van der Waals surface area contributed by atoms with Gasteiger partial charge in [0.25, 0.3) is 0 Å². The maximum atomic E-state index is 2.12. The zero-order chi connectivity index (χ0) is 4.71. The van der Waals surface area contributed by atoms with Gasteiger partial charge in [-0.1, -0.05) is 56.4 Å². The van der Waals surface area contributed by atoms with Crippen molar-refractivity contribution >= 4 is 0 Å². The standard InChI is InChI=1S/C3H8.C2H6.3CH4.H2/c1-3-2;1-2;;;;/h3H2,1-2H3;1-2H3;3*1H4;1H/i;;;;;1+1. The van der Waals surface area contributed by atoms with Crippen molar-refractivity contribution in [2.24, 2.45) is 0 Å². The molecule has 0 aromatic carbocycles. The molecule has 0 unspecified atom stereocenters. The molecule has 8 heavy (non-hydrogen) atoms. The van der Waals surface area contributed by atoms with Crippen molar-refractivity contribution in [3.8, 4) is 0 Å². The maximum Gasteiger partial charge on any atom is 0 e. The minimum Gasteiger partial charge on any atom is -0.0776 e. The van der Waals surface area contributed by atoms with E-state index in [4.69, 9.17) is 0 Å². The van der Waals surface area contributed by atoms with Crippen LogP contribution in [-0.4, -0.2) is 0 Å². The van der Waals surface area contributed by atoms with Crippen LogP contribution in [0.15, 0.2) is 0 Å². The van der Waals surface area contributed by atoms with Crippen LogP contribution in [-0.2, 0) is 0 Å². The molecular formula is C8H28. The van der Waals surface area contributed by atoms with E-state index in [2.05, 4.69) is 13.8 Å². The molecule has 0 aliphatic carbocycles. The molecule has 0 N–H and O–H groups in total. The van der Waals surface area contributed by atoms with E-state index in [-0.39, 0.29) is 23.7 Å². The first-order valence-corrected chi connectivity index (χ1v) is 2.41. The third-order valence-corrected chi connectivity index (χ3v) is 0. The Morgan fingerprint density at radius 3 is 0.875 bits per heavy atom. The molecule has 0 radical (unpaired) electrons. The summed E-state index contributed by atoms with van der Waals surface area (Å²) in [5, 5.41) is 0. The van der Waals surface area contributed by atoms with Gasteiger partial charge in [0.2, 0.25) is 0 Å². The molecule has 0 aliphatic rings. The van der Waals surface area contributed by atoms with Crippen molar-refractivity contribution < 1.29 is 1.43 Å². The molecule has 0 fully saturated rings. The van der Waals surface area contributed by atoms with Gasteiger partial charge in [0.15, 0.2) is 0 Å². The zero-order valence-corrected chi connectivity index (χ0v) is 4.71. The van der Waals surface area contributed by atoms with E-state index in [1.165, 1.54) is 6.42 Å². The molecule has 0 nitrogen and oxygen atoms in total. The van der Waals surface area contributed by atoms with Crippen molar-refractivity contribution in [1.82, 2.24) is 0 Å². The van der Waals surface area contributed by atoms with Gasteiger partial charge >= 0.3 is 0 Å². The highest BCUT2D eigenvalue weighted by Gasteiger charge is 1.35. The lowest BCUT2D eigenvalue weighted by molar-refractivity contribution is 1.09. The van der Waals surface area contributed by atoms with Crippen LogP contribution in [0.1, 0.15) is 57.8 Å². The van der Waals surface area contributed by atoms with Gasteiger partial charge in [-0.3, -0.25) is 0 Å². The maximum absolute atomic E-state index is 2.12. The van der Waals surface area contributed by atoms with Crippen LogP contribution < -0.4 is 0 Å². The van der Waals surface area contributed by atoms with Crippen molar-refractivity contribution in [2.45, 2.75) is 56.4 Å². The van der Waals surface area contributed by atoms with Gasteiger partial charge in [-0.25, -0.2) is 0 Å². The fourth-order valence-electron chi connectivity index (χ4n) is 0. The van der Waals surface area contributed by atoms with Gasteiger partial charge in [-0.05, 0) is 0 Å². The molecular weight excluding hydrogens is 96.1 g/mol. The lowest BCUT2D eigenvalue weighted by Gasteiger charge is -1.48. The Morgan fingerprint density at radius 1 is 0.875 bits per heavy atom. The summed E-state index contributed by atoms with van der Waals surface area (Å²) in [6.45, 7) is 8.25. The van der Waals surface area contributed by atoms with Gasteiger partial charge in [0.1, 0.15) is 0 Å². The Bertz CT molecular complexity index is 4.53. The van der Waals surface area contributed by atoms with Gasteiger partial charge in [-0.15, -0.1) is 0 Å². The van der Waals surface area contributed by atoms with E-state index in [0.29, 0.717) is 0 Å². The third-order valence-electron chi connectivity index (χ3n) is 0. The summed E-state index contributed by atoms with van der Waals surface area (Å²) in [5.74, 6) is 0. The fourth-order valence-corrected chi connectivity index (χ4v) is 0. The fraction of sp³-hybridized carbons (Fsp3) is 1.00. The average Bonchev–Trinajstić information content (AvgIpc) is 1.46. The second-order valence-electron chi connectivity index (χ2n) is 0.707. The largest absolute Gasteiger partial charge is 0.0776 e. The van der Waals surface area contributed by atoms with E-state index in [9.17, 15) is 0 Å². The van der Waals surface area contributed by atoms with Crippen LogP contribution in [0.25, 0.3) is 0 Å². The molecule has 0 heteroatoms. The lowest BCUT2D eigenvalue weighted by Crippen LogP contribution is -1.27. The molecule has 0 heterocycles. The monoisotopic (exact) mass is 125 g/mol. The number of hydrogen-bond acceptors (Lipinski definition) is 0. The van der Waals surface area contributed by atoms with Crippen molar-refractivity contribution in [3.63, 3.8) is 0 Å². The number of rotatable bonds is 0. The number of hydrogen-bond donors (Lipinski definition) is 0. The molecule has 0 spiro atoms. The van der Waals surface area contributed by atoms with Gasteiger partial charge in [0.05, 0.1) is 0 Å². The predicted octanol–water partition coefficient (Wildman–Crippen LogP) is 4.60. The first-order chi connectivity index (χ1) is 2.41. The van der Waals surface area contributed by atoms with Gasteiger partial charge < -0.3 is 0 Å². The first kappa shape index (κ1) is 43.6. The van der Waals surface area contributed by atoms with Crippen molar-refractivity contribution in [3.05, 3.63) is 0 Å². The van der Waals surface area contributed by atoms with Crippen LogP contribution in [0.4, 0.5) is 0 Å². The van der Waals surface area contributed by atoms with Crippen LogP contribution in [0.3, 0.4) is 0 Å². The quantitative estimate of drug-likeness (QED) is 0.444. The average molecular weight is 125 g/mol. The molecule has 0 aromatic heterocycles. The van der Waals surface area contributed by atoms with E-state index in [1.807, 2.05) is 13.8 Å². The summed E-state index contributed by atoms with van der Waals surface area (Å²) >= 11 is 0. The summed E-state index contributed by atoms with van der Waals surface area (Å²) in [7, 11) is 0. The van der Waals surface area contributed by atoms with E-state index in [0.717, 1.165) is 0 Å². The highest BCUT2D eigenvalue weighted by Crippen LogP contribution is 1.56.